The molecule has 0 amide bonds. The van der Waals surface area contributed by atoms with Crippen LogP contribution >= 0.6 is 11.3 Å². The van der Waals surface area contributed by atoms with Gasteiger partial charge < -0.3 is 9.47 Å². The molecule has 0 radical (unpaired) electrons. The predicted octanol–water partition coefficient (Wildman–Crippen LogP) is 4.55. The topological polar surface area (TPSA) is 35.5 Å². The fraction of sp³-hybridized carbons (Fsp3) is 0.0556. The molecule has 110 valence electrons. The molecule has 3 nitrogen and oxygen atoms in total. The molecule has 0 atom stereocenters. The Morgan fingerprint density at radius 1 is 0.864 bits per heavy atom. The number of rotatable bonds is 5. The molecule has 0 N–H and O–H groups in total. The van der Waals surface area contributed by atoms with Crippen LogP contribution in [0, 0.1) is 0 Å². The Balaban J connectivity index is 1.57. The van der Waals surface area contributed by atoms with E-state index in [-0.39, 0.29) is 5.97 Å². The van der Waals surface area contributed by atoms with E-state index in [0.29, 0.717) is 17.2 Å². The molecular formula is C18H14O3S. The number of carbonyl (C=O) groups is 1. The van der Waals surface area contributed by atoms with Gasteiger partial charge in [0.05, 0.1) is 0 Å². The van der Waals surface area contributed by atoms with Crippen molar-refractivity contribution in [2.75, 3.05) is 0 Å². The summed E-state index contributed by atoms with van der Waals surface area (Å²) in [6.07, 6.45) is 0. The maximum Gasteiger partial charge on any atom is 0.353 e. The van der Waals surface area contributed by atoms with Gasteiger partial charge in [0.2, 0.25) is 0 Å². The highest BCUT2D eigenvalue weighted by Gasteiger charge is 2.09. The molecule has 0 fully saturated rings. The average Bonchev–Trinajstić information content (AvgIpc) is 3.10. The van der Waals surface area contributed by atoms with Crippen LogP contribution in [0.15, 0.2) is 72.1 Å². The number of carbonyl (C=O) groups excluding carboxylic acids is 1. The molecule has 2 aromatic carbocycles. The molecule has 0 aliphatic heterocycles. The van der Waals surface area contributed by atoms with Crippen LogP contribution in [0.3, 0.4) is 0 Å². The van der Waals surface area contributed by atoms with Crippen molar-refractivity contribution in [3.05, 3.63) is 82.6 Å². The lowest BCUT2D eigenvalue weighted by molar-refractivity contribution is 0.0739. The summed E-state index contributed by atoms with van der Waals surface area (Å²) in [6.45, 7) is 0.509. The van der Waals surface area contributed by atoms with Crippen molar-refractivity contribution in [2.45, 2.75) is 6.61 Å². The van der Waals surface area contributed by atoms with Crippen molar-refractivity contribution in [2.24, 2.45) is 0 Å². The van der Waals surface area contributed by atoms with E-state index in [1.807, 2.05) is 41.8 Å². The van der Waals surface area contributed by atoms with Crippen molar-refractivity contribution in [3.63, 3.8) is 0 Å². The number of hydrogen-bond donors (Lipinski definition) is 0. The molecule has 0 saturated carbocycles. The molecule has 0 spiro atoms. The summed E-state index contributed by atoms with van der Waals surface area (Å²) in [5, 5.41) is 1.84. The lowest BCUT2D eigenvalue weighted by Gasteiger charge is -2.07. The number of hydrogen-bond acceptors (Lipinski definition) is 4. The summed E-state index contributed by atoms with van der Waals surface area (Å²) in [6, 6.07) is 20.6. The van der Waals surface area contributed by atoms with Crippen LogP contribution in [-0.4, -0.2) is 5.97 Å². The van der Waals surface area contributed by atoms with Gasteiger partial charge in [0.15, 0.2) is 0 Å². The molecule has 0 unspecified atom stereocenters. The minimum Gasteiger partial charge on any atom is -0.489 e. The molecule has 3 rings (SSSR count). The van der Waals surface area contributed by atoms with E-state index in [4.69, 9.17) is 9.47 Å². The van der Waals surface area contributed by atoms with E-state index < -0.39 is 0 Å². The normalized spacial score (nSPS) is 10.2. The highest BCUT2D eigenvalue weighted by Crippen LogP contribution is 2.20. The fourth-order valence-corrected chi connectivity index (χ4v) is 2.50. The number of esters is 1. The Morgan fingerprint density at radius 3 is 2.27 bits per heavy atom. The van der Waals surface area contributed by atoms with Gasteiger partial charge in [-0.05, 0) is 41.3 Å². The summed E-state index contributed by atoms with van der Waals surface area (Å²) >= 11 is 1.36. The quantitative estimate of drug-likeness (QED) is 0.512. The average molecular weight is 310 g/mol. The minimum absolute atomic E-state index is 0.340. The molecule has 22 heavy (non-hydrogen) atoms. The van der Waals surface area contributed by atoms with Crippen LogP contribution in [0.1, 0.15) is 15.2 Å². The summed E-state index contributed by atoms with van der Waals surface area (Å²) in [5.74, 6) is 0.901. The van der Waals surface area contributed by atoms with Gasteiger partial charge in [-0.3, -0.25) is 0 Å². The van der Waals surface area contributed by atoms with E-state index in [1.54, 1.807) is 30.3 Å². The summed E-state index contributed by atoms with van der Waals surface area (Å²) in [5.41, 5.74) is 1.11. The largest absolute Gasteiger partial charge is 0.489 e. The molecule has 0 bridgehead atoms. The van der Waals surface area contributed by atoms with Gasteiger partial charge in [-0.25, -0.2) is 4.79 Å². The van der Waals surface area contributed by atoms with Crippen molar-refractivity contribution in [3.8, 4) is 11.5 Å². The van der Waals surface area contributed by atoms with Gasteiger partial charge >= 0.3 is 5.97 Å². The van der Waals surface area contributed by atoms with Crippen LogP contribution < -0.4 is 9.47 Å². The molecule has 0 aliphatic carbocycles. The Bertz CT molecular complexity index is 719. The zero-order valence-electron chi connectivity index (χ0n) is 11.8. The molecule has 1 aromatic heterocycles. The van der Waals surface area contributed by atoms with Crippen LogP contribution in [0.5, 0.6) is 11.5 Å². The van der Waals surface area contributed by atoms with Crippen LogP contribution in [0.25, 0.3) is 0 Å². The first-order chi connectivity index (χ1) is 10.8. The van der Waals surface area contributed by atoms with Crippen molar-refractivity contribution in [1.29, 1.82) is 0 Å². The lowest BCUT2D eigenvalue weighted by atomic mass is 10.2. The Hall–Kier alpha value is -2.59. The Labute approximate surface area is 132 Å². The number of ether oxygens (including phenoxy) is 2. The first-order valence-electron chi connectivity index (χ1n) is 6.84. The van der Waals surface area contributed by atoms with Gasteiger partial charge in [-0.15, -0.1) is 11.3 Å². The lowest BCUT2D eigenvalue weighted by Crippen LogP contribution is -2.06. The fourth-order valence-electron chi connectivity index (χ4n) is 1.90. The third-order valence-electron chi connectivity index (χ3n) is 3.00. The van der Waals surface area contributed by atoms with E-state index in [0.717, 1.165) is 11.3 Å². The van der Waals surface area contributed by atoms with Crippen molar-refractivity contribution in [1.82, 2.24) is 0 Å². The van der Waals surface area contributed by atoms with E-state index in [9.17, 15) is 4.79 Å². The second-order valence-corrected chi connectivity index (χ2v) is 5.56. The zero-order valence-corrected chi connectivity index (χ0v) is 12.6. The third-order valence-corrected chi connectivity index (χ3v) is 3.85. The van der Waals surface area contributed by atoms with Crippen LogP contribution in [0.2, 0.25) is 0 Å². The molecule has 1 heterocycles. The third kappa shape index (κ3) is 3.74. The predicted molar refractivity (Wildman–Crippen MR) is 86.5 cm³/mol. The highest BCUT2D eigenvalue weighted by atomic mass is 32.1. The standard InChI is InChI=1S/C18H14O3S/c19-18(17-7-4-12-22-17)21-16-10-8-15(9-11-16)20-13-14-5-2-1-3-6-14/h1-12H,13H2. The SMILES string of the molecule is O=C(Oc1ccc(OCc2ccccc2)cc1)c1cccs1. The molecule has 3 aromatic rings. The number of benzene rings is 2. The van der Waals surface area contributed by atoms with E-state index in [2.05, 4.69) is 0 Å². The van der Waals surface area contributed by atoms with Gasteiger partial charge in [0.25, 0.3) is 0 Å². The van der Waals surface area contributed by atoms with Crippen LogP contribution in [-0.2, 0) is 6.61 Å². The second-order valence-electron chi connectivity index (χ2n) is 4.61. The first kappa shape index (κ1) is 14.4. The first-order valence-corrected chi connectivity index (χ1v) is 7.72. The highest BCUT2D eigenvalue weighted by molar-refractivity contribution is 7.12. The van der Waals surface area contributed by atoms with Gasteiger partial charge in [-0.2, -0.15) is 0 Å². The van der Waals surface area contributed by atoms with Gasteiger partial charge in [0.1, 0.15) is 23.0 Å². The molecule has 0 aliphatic rings. The zero-order chi connectivity index (χ0) is 15.2. The van der Waals surface area contributed by atoms with Crippen LogP contribution in [0.4, 0.5) is 0 Å². The van der Waals surface area contributed by atoms with E-state index in [1.165, 1.54) is 11.3 Å². The summed E-state index contributed by atoms with van der Waals surface area (Å²) in [4.78, 5) is 12.4. The molecular weight excluding hydrogens is 296 g/mol. The molecule has 0 saturated heterocycles. The molecule has 4 heteroatoms. The smallest absolute Gasteiger partial charge is 0.353 e. The number of thiophene rings is 1. The Kier molecular flexibility index (Phi) is 4.51. The summed E-state index contributed by atoms with van der Waals surface area (Å²) < 4.78 is 11.0. The summed E-state index contributed by atoms with van der Waals surface area (Å²) in [7, 11) is 0. The second kappa shape index (κ2) is 6.91. The monoisotopic (exact) mass is 310 g/mol. The maximum absolute atomic E-state index is 11.8. The van der Waals surface area contributed by atoms with Gasteiger partial charge in [0, 0.05) is 0 Å². The van der Waals surface area contributed by atoms with Gasteiger partial charge in [-0.1, -0.05) is 36.4 Å². The maximum atomic E-state index is 11.8. The Morgan fingerprint density at radius 2 is 1.59 bits per heavy atom. The van der Waals surface area contributed by atoms with Crippen molar-refractivity contribution >= 4 is 17.3 Å². The van der Waals surface area contributed by atoms with Crippen molar-refractivity contribution < 1.29 is 14.3 Å². The van der Waals surface area contributed by atoms with E-state index >= 15 is 0 Å². The minimum atomic E-state index is -0.340.